The summed E-state index contributed by atoms with van der Waals surface area (Å²) in [5.74, 6) is 1.63. The lowest BCUT2D eigenvalue weighted by molar-refractivity contribution is 0.397. The van der Waals surface area contributed by atoms with E-state index in [2.05, 4.69) is 47.0 Å². The number of anilines is 2. The molecule has 0 atom stereocenters. The van der Waals surface area contributed by atoms with Gasteiger partial charge in [-0.25, -0.2) is 0 Å². The maximum atomic E-state index is 5.52. The Bertz CT molecular complexity index is 836. The topological polar surface area (TPSA) is 42.5 Å². The summed E-state index contributed by atoms with van der Waals surface area (Å²) in [4.78, 5) is 0. The van der Waals surface area contributed by atoms with Crippen LogP contribution in [0.2, 0.25) is 0 Å². The van der Waals surface area contributed by atoms with E-state index in [1.807, 2.05) is 18.2 Å². The molecule has 0 radical (unpaired) electrons. The zero-order chi connectivity index (χ0) is 15.8. The van der Waals surface area contributed by atoms with Crippen molar-refractivity contribution in [1.82, 2.24) is 0 Å². The quantitative estimate of drug-likeness (QED) is 0.753. The lowest BCUT2D eigenvalue weighted by atomic mass is 10.0. The third-order valence-corrected chi connectivity index (χ3v) is 4.25. The van der Waals surface area contributed by atoms with Crippen molar-refractivity contribution in [3.8, 4) is 11.5 Å². The molecule has 0 aromatic heterocycles. The van der Waals surface area contributed by atoms with Gasteiger partial charge in [0.2, 0.25) is 0 Å². The van der Waals surface area contributed by atoms with Crippen LogP contribution in [0.25, 0.3) is 10.8 Å². The van der Waals surface area contributed by atoms with Gasteiger partial charge >= 0.3 is 0 Å². The van der Waals surface area contributed by atoms with E-state index in [9.17, 15) is 0 Å². The Morgan fingerprint density at radius 2 is 1.52 bits per heavy atom. The highest BCUT2D eigenvalue weighted by Gasteiger charge is 2.23. The molecule has 0 saturated carbocycles. The summed E-state index contributed by atoms with van der Waals surface area (Å²) in [6, 6.07) is 18.4. The molecule has 0 spiro atoms. The molecule has 4 nitrogen and oxygen atoms in total. The summed E-state index contributed by atoms with van der Waals surface area (Å²) in [6.45, 7) is 0. The maximum Gasteiger partial charge on any atom is 0.127 e. The summed E-state index contributed by atoms with van der Waals surface area (Å²) < 4.78 is 10.9. The molecule has 0 amide bonds. The Balaban J connectivity index is 1.82. The molecular formula is C19H18N2O2. The second-order valence-corrected chi connectivity index (χ2v) is 5.54. The minimum Gasteiger partial charge on any atom is -0.497 e. The fraction of sp³-hybridized carbons (Fsp3) is 0.158. The van der Waals surface area contributed by atoms with Crippen LogP contribution in [0.4, 0.5) is 11.4 Å². The minimum atomic E-state index is -0.0828. The summed E-state index contributed by atoms with van der Waals surface area (Å²) in [5, 5.41) is 9.55. The molecule has 1 heterocycles. The van der Waals surface area contributed by atoms with Gasteiger partial charge in [-0.15, -0.1) is 0 Å². The first-order valence-electron chi connectivity index (χ1n) is 7.57. The molecule has 4 heteroatoms. The van der Waals surface area contributed by atoms with Crippen molar-refractivity contribution in [3.63, 3.8) is 0 Å². The molecule has 0 fully saturated rings. The summed E-state index contributed by atoms with van der Waals surface area (Å²) in [7, 11) is 3.35. The third-order valence-electron chi connectivity index (χ3n) is 4.25. The SMILES string of the molecule is COc1ccc(OC)c(C2Nc3cccc4cccc(c34)N2)c1. The number of methoxy groups -OCH3 is 2. The molecule has 2 N–H and O–H groups in total. The highest BCUT2D eigenvalue weighted by molar-refractivity contribution is 6.04. The third kappa shape index (κ3) is 2.23. The molecule has 1 aliphatic rings. The summed E-state index contributed by atoms with van der Waals surface area (Å²) >= 11 is 0. The van der Waals surface area contributed by atoms with Gasteiger partial charge in [0.05, 0.1) is 14.2 Å². The average Bonchev–Trinajstić information content (AvgIpc) is 2.61. The molecule has 0 aliphatic carbocycles. The van der Waals surface area contributed by atoms with Gasteiger partial charge in [-0.2, -0.15) is 0 Å². The Hall–Kier alpha value is -2.88. The largest absolute Gasteiger partial charge is 0.497 e. The molecule has 23 heavy (non-hydrogen) atoms. The van der Waals surface area contributed by atoms with E-state index in [4.69, 9.17) is 9.47 Å². The second kappa shape index (κ2) is 5.39. The van der Waals surface area contributed by atoms with Crippen molar-refractivity contribution in [2.45, 2.75) is 6.17 Å². The molecule has 0 unspecified atom stereocenters. The molecule has 1 aliphatic heterocycles. The van der Waals surface area contributed by atoms with Gasteiger partial charge in [-0.3, -0.25) is 0 Å². The van der Waals surface area contributed by atoms with E-state index in [1.54, 1.807) is 14.2 Å². The number of hydrogen-bond donors (Lipinski definition) is 2. The Morgan fingerprint density at radius 1 is 0.826 bits per heavy atom. The Morgan fingerprint density at radius 3 is 2.13 bits per heavy atom. The molecule has 0 bridgehead atoms. The second-order valence-electron chi connectivity index (χ2n) is 5.54. The van der Waals surface area contributed by atoms with E-state index < -0.39 is 0 Å². The van der Waals surface area contributed by atoms with Crippen LogP contribution in [-0.2, 0) is 0 Å². The van der Waals surface area contributed by atoms with Crippen LogP contribution in [0.15, 0.2) is 54.6 Å². The van der Waals surface area contributed by atoms with Crippen LogP contribution in [0.1, 0.15) is 11.7 Å². The van der Waals surface area contributed by atoms with Crippen molar-refractivity contribution < 1.29 is 9.47 Å². The van der Waals surface area contributed by atoms with Crippen molar-refractivity contribution >= 4 is 22.1 Å². The fourth-order valence-electron chi connectivity index (χ4n) is 3.15. The highest BCUT2D eigenvalue weighted by Crippen LogP contribution is 2.40. The van der Waals surface area contributed by atoms with Crippen LogP contribution in [-0.4, -0.2) is 14.2 Å². The molecule has 3 aromatic carbocycles. The van der Waals surface area contributed by atoms with Crippen LogP contribution < -0.4 is 20.1 Å². The minimum absolute atomic E-state index is 0.0828. The van der Waals surface area contributed by atoms with Crippen LogP contribution in [0, 0.1) is 0 Å². The number of hydrogen-bond acceptors (Lipinski definition) is 4. The monoisotopic (exact) mass is 306 g/mol. The summed E-state index contributed by atoms with van der Waals surface area (Å²) in [6.07, 6.45) is -0.0828. The van der Waals surface area contributed by atoms with Gasteiger partial charge in [0.1, 0.15) is 17.7 Å². The number of ether oxygens (including phenoxy) is 2. The number of rotatable bonds is 3. The van der Waals surface area contributed by atoms with Crippen LogP contribution >= 0.6 is 0 Å². The van der Waals surface area contributed by atoms with Crippen molar-refractivity contribution in [2.24, 2.45) is 0 Å². The van der Waals surface area contributed by atoms with E-state index in [1.165, 1.54) is 10.8 Å². The van der Waals surface area contributed by atoms with Gasteiger partial charge in [0.25, 0.3) is 0 Å². The first kappa shape index (κ1) is 13.8. The Labute approximate surface area is 135 Å². The van der Waals surface area contributed by atoms with Crippen molar-refractivity contribution in [2.75, 3.05) is 24.9 Å². The lowest BCUT2D eigenvalue weighted by Gasteiger charge is -2.30. The molecule has 0 saturated heterocycles. The fourth-order valence-corrected chi connectivity index (χ4v) is 3.15. The van der Waals surface area contributed by atoms with E-state index in [0.717, 1.165) is 28.4 Å². The van der Waals surface area contributed by atoms with Crippen molar-refractivity contribution in [3.05, 3.63) is 60.2 Å². The maximum absolute atomic E-state index is 5.52. The highest BCUT2D eigenvalue weighted by atomic mass is 16.5. The zero-order valence-electron chi connectivity index (χ0n) is 13.1. The van der Waals surface area contributed by atoms with Gasteiger partial charge in [-0.05, 0) is 35.7 Å². The van der Waals surface area contributed by atoms with Crippen LogP contribution in [0.3, 0.4) is 0 Å². The van der Waals surface area contributed by atoms with Crippen molar-refractivity contribution in [1.29, 1.82) is 0 Å². The number of benzene rings is 3. The lowest BCUT2D eigenvalue weighted by Crippen LogP contribution is -2.24. The predicted octanol–water partition coefficient (Wildman–Crippen LogP) is 4.39. The molecule has 4 rings (SSSR count). The standard InChI is InChI=1S/C19H18N2O2/c1-22-13-9-10-17(23-2)14(11-13)19-20-15-7-3-5-12-6-4-8-16(21-19)18(12)15/h3-11,19-21H,1-2H3. The summed E-state index contributed by atoms with van der Waals surface area (Å²) in [5.41, 5.74) is 3.25. The average molecular weight is 306 g/mol. The van der Waals surface area contributed by atoms with Gasteiger partial charge in [-0.1, -0.05) is 24.3 Å². The van der Waals surface area contributed by atoms with Gasteiger partial charge in [0, 0.05) is 22.3 Å². The Kier molecular flexibility index (Phi) is 3.23. The smallest absolute Gasteiger partial charge is 0.127 e. The normalized spacial score (nSPS) is 13.3. The first-order chi connectivity index (χ1) is 11.3. The first-order valence-corrected chi connectivity index (χ1v) is 7.57. The molecule has 3 aromatic rings. The molecular weight excluding hydrogens is 288 g/mol. The van der Waals surface area contributed by atoms with E-state index in [-0.39, 0.29) is 6.17 Å². The van der Waals surface area contributed by atoms with Crippen LogP contribution in [0.5, 0.6) is 11.5 Å². The predicted molar refractivity (Wildman–Crippen MR) is 93.5 cm³/mol. The van der Waals surface area contributed by atoms with E-state index >= 15 is 0 Å². The van der Waals surface area contributed by atoms with E-state index in [0.29, 0.717) is 0 Å². The van der Waals surface area contributed by atoms with Gasteiger partial charge in [0.15, 0.2) is 0 Å². The zero-order valence-corrected chi connectivity index (χ0v) is 13.1. The van der Waals surface area contributed by atoms with Gasteiger partial charge < -0.3 is 20.1 Å². The molecule has 116 valence electrons. The number of nitrogens with one attached hydrogen (secondary N) is 2.